The maximum atomic E-state index is 2.46. The van der Waals surface area contributed by atoms with Gasteiger partial charge in [0.25, 0.3) is 0 Å². The van der Waals surface area contributed by atoms with E-state index < -0.39 is 0 Å². The van der Waals surface area contributed by atoms with Gasteiger partial charge in [-0.05, 0) is 63.1 Å². The number of hydrogen-bond acceptors (Lipinski definition) is 0. The molecule has 3 aromatic carbocycles. The molecular formula is C28H30. The average Bonchev–Trinajstić information content (AvgIpc) is 2.71. The lowest BCUT2D eigenvalue weighted by molar-refractivity contribution is 0.332. The van der Waals surface area contributed by atoms with Crippen LogP contribution in [0.2, 0.25) is 0 Å². The Bertz CT molecular complexity index is 989. The summed E-state index contributed by atoms with van der Waals surface area (Å²) in [5.74, 6) is 0. The van der Waals surface area contributed by atoms with Crippen LogP contribution in [0.3, 0.4) is 0 Å². The first-order valence-corrected chi connectivity index (χ1v) is 10.3. The molecule has 28 heavy (non-hydrogen) atoms. The largest absolute Gasteiger partial charge is 0.0622 e. The van der Waals surface area contributed by atoms with Gasteiger partial charge in [0.15, 0.2) is 0 Å². The van der Waals surface area contributed by atoms with Crippen molar-refractivity contribution in [1.82, 2.24) is 0 Å². The summed E-state index contributed by atoms with van der Waals surface area (Å²) >= 11 is 0. The van der Waals surface area contributed by atoms with Crippen molar-refractivity contribution < 1.29 is 0 Å². The average molecular weight is 367 g/mol. The highest BCUT2D eigenvalue weighted by Crippen LogP contribution is 2.46. The SMILES string of the molecule is CC1(C)CCC(C)(C)c2cc(/C(=C/c3ccccc3)c3ccccc3)ccc21. The molecule has 0 N–H and O–H groups in total. The van der Waals surface area contributed by atoms with Crippen molar-refractivity contribution in [2.75, 3.05) is 0 Å². The van der Waals surface area contributed by atoms with Crippen LogP contribution in [0.15, 0.2) is 78.9 Å². The lowest BCUT2D eigenvalue weighted by Gasteiger charge is -2.42. The summed E-state index contributed by atoms with van der Waals surface area (Å²) in [4.78, 5) is 0. The fourth-order valence-electron chi connectivity index (χ4n) is 4.42. The van der Waals surface area contributed by atoms with Gasteiger partial charge in [-0.25, -0.2) is 0 Å². The van der Waals surface area contributed by atoms with Gasteiger partial charge in [0.2, 0.25) is 0 Å². The quantitative estimate of drug-likeness (QED) is 0.418. The third-order valence-electron chi connectivity index (χ3n) is 6.36. The molecule has 0 unspecified atom stereocenters. The molecule has 0 saturated carbocycles. The van der Waals surface area contributed by atoms with Gasteiger partial charge < -0.3 is 0 Å². The van der Waals surface area contributed by atoms with Gasteiger partial charge in [-0.15, -0.1) is 0 Å². The van der Waals surface area contributed by atoms with E-state index in [2.05, 4.69) is 113 Å². The maximum Gasteiger partial charge on any atom is -0.0100 e. The zero-order valence-corrected chi connectivity index (χ0v) is 17.5. The van der Waals surface area contributed by atoms with E-state index in [0.717, 1.165) is 0 Å². The molecule has 1 aliphatic rings. The van der Waals surface area contributed by atoms with Gasteiger partial charge in [-0.2, -0.15) is 0 Å². The van der Waals surface area contributed by atoms with Crippen molar-refractivity contribution in [3.8, 4) is 0 Å². The summed E-state index contributed by atoms with van der Waals surface area (Å²) in [5.41, 5.74) is 8.58. The smallest absolute Gasteiger partial charge is 0.0100 e. The van der Waals surface area contributed by atoms with E-state index in [1.165, 1.54) is 46.2 Å². The second-order valence-electron chi connectivity index (χ2n) is 9.36. The predicted molar refractivity (Wildman–Crippen MR) is 122 cm³/mol. The third-order valence-corrected chi connectivity index (χ3v) is 6.36. The van der Waals surface area contributed by atoms with Gasteiger partial charge in [-0.1, -0.05) is 107 Å². The molecule has 0 aromatic heterocycles. The first-order chi connectivity index (χ1) is 13.4. The molecule has 0 atom stereocenters. The van der Waals surface area contributed by atoms with Crippen LogP contribution < -0.4 is 0 Å². The molecule has 4 rings (SSSR count). The van der Waals surface area contributed by atoms with Crippen LogP contribution in [-0.2, 0) is 10.8 Å². The lowest BCUT2D eigenvalue weighted by Crippen LogP contribution is -2.33. The van der Waals surface area contributed by atoms with E-state index in [0.29, 0.717) is 0 Å². The van der Waals surface area contributed by atoms with Crippen molar-refractivity contribution in [3.63, 3.8) is 0 Å². The van der Waals surface area contributed by atoms with Gasteiger partial charge >= 0.3 is 0 Å². The zero-order chi connectivity index (χ0) is 19.8. The third kappa shape index (κ3) is 3.56. The Morgan fingerprint density at radius 2 is 1.21 bits per heavy atom. The minimum Gasteiger partial charge on any atom is -0.0622 e. The number of hydrogen-bond donors (Lipinski definition) is 0. The molecular weight excluding hydrogens is 336 g/mol. The van der Waals surface area contributed by atoms with E-state index >= 15 is 0 Å². The molecule has 0 heterocycles. The fourth-order valence-corrected chi connectivity index (χ4v) is 4.42. The molecule has 1 aliphatic carbocycles. The van der Waals surface area contributed by atoms with Gasteiger partial charge in [0.1, 0.15) is 0 Å². The number of rotatable bonds is 3. The highest BCUT2D eigenvalue weighted by atomic mass is 14.4. The second-order valence-corrected chi connectivity index (χ2v) is 9.36. The van der Waals surface area contributed by atoms with E-state index in [9.17, 15) is 0 Å². The standard InChI is InChI=1S/C28H30/c1-27(2)17-18-28(3,4)26-20-23(15-16-25(26)27)24(22-13-9-6-10-14-22)19-21-11-7-5-8-12-21/h5-16,19-20H,17-18H2,1-4H3/b24-19+. The summed E-state index contributed by atoms with van der Waals surface area (Å²) in [6, 6.07) is 28.6. The van der Waals surface area contributed by atoms with Crippen molar-refractivity contribution in [2.24, 2.45) is 0 Å². The van der Waals surface area contributed by atoms with Crippen LogP contribution in [0.25, 0.3) is 11.6 Å². The Morgan fingerprint density at radius 3 is 1.86 bits per heavy atom. The Kier molecular flexibility index (Phi) is 4.75. The molecule has 3 aromatic rings. The fraction of sp³-hybridized carbons (Fsp3) is 0.286. The zero-order valence-electron chi connectivity index (χ0n) is 17.5. The molecule has 0 amide bonds. The summed E-state index contributed by atoms with van der Waals surface area (Å²) in [6.07, 6.45) is 4.80. The van der Waals surface area contributed by atoms with Crippen LogP contribution in [0.1, 0.15) is 68.4 Å². The maximum absolute atomic E-state index is 2.46. The molecule has 0 spiro atoms. The first kappa shape index (κ1) is 18.7. The number of benzene rings is 3. The molecule has 142 valence electrons. The summed E-state index contributed by atoms with van der Waals surface area (Å²) in [5, 5.41) is 0. The second kappa shape index (κ2) is 7.09. The Morgan fingerprint density at radius 1 is 0.643 bits per heavy atom. The van der Waals surface area contributed by atoms with E-state index in [1.807, 2.05) is 0 Å². The monoisotopic (exact) mass is 366 g/mol. The minimum absolute atomic E-state index is 0.218. The van der Waals surface area contributed by atoms with Crippen molar-refractivity contribution in [2.45, 2.75) is 51.4 Å². The molecule has 0 nitrogen and oxygen atoms in total. The van der Waals surface area contributed by atoms with Gasteiger partial charge in [-0.3, -0.25) is 0 Å². The van der Waals surface area contributed by atoms with Crippen LogP contribution in [0.4, 0.5) is 0 Å². The molecule has 0 aliphatic heterocycles. The molecule has 0 radical (unpaired) electrons. The van der Waals surface area contributed by atoms with Crippen LogP contribution in [0, 0.1) is 0 Å². The van der Waals surface area contributed by atoms with Crippen LogP contribution >= 0.6 is 0 Å². The van der Waals surface area contributed by atoms with E-state index in [-0.39, 0.29) is 10.8 Å². The highest BCUT2D eigenvalue weighted by Gasteiger charge is 2.37. The van der Waals surface area contributed by atoms with E-state index in [1.54, 1.807) is 0 Å². The van der Waals surface area contributed by atoms with Crippen molar-refractivity contribution in [1.29, 1.82) is 0 Å². The molecule has 0 bridgehead atoms. The van der Waals surface area contributed by atoms with Crippen LogP contribution in [0.5, 0.6) is 0 Å². The normalized spacial score (nSPS) is 17.8. The van der Waals surface area contributed by atoms with E-state index in [4.69, 9.17) is 0 Å². The number of fused-ring (bicyclic) bond motifs is 1. The Labute approximate surface area is 169 Å². The van der Waals surface area contributed by atoms with Crippen LogP contribution in [-0.4, -0.2) is 0 Å². The van der Waals surface area contributed by atoms with Gasteiger partial charge in [0, 0.05) is 0 Å². The summed E-state index contributed by atoms with van der Waals surface area (Å²) < 4.78 is 0. The molecule has 0 saturated heterocycles. The first-order valence-electron chi connectivity index (χ1n) is 10.3. The van der Waals surface area contributed by atoms with Gasteiger partial charge in [0.05, 0.1) is 0 Å². The van der Waals surface area contributed by atoms with Crippen molar-refractivity contribution >= 4 is 11.6 Å². The van der Waals surface area contributed by atoms with Crippen molar-refractivity contribution in [3.05, 3.63) is 107 Å². The Balaban J connectivity index is 1.90. The summed E-state index contributed by atoms with van der Waals surface area (Å²) in [6.45, 7) is 9.57. The lowest BCUT2D eigenvalue weighted by atomic mass is 9.63. The Hall–Kier alpha value is -2.60. The molecule has 0 fully saturated rings. The summed E-state index contributed by atoms with van der Waals surface area (Å²) in [7, 11) is 0. The predicted octanol–water partition coefficient (Wildman–Crippen LogP) is 7.62. The minimum atomic E-state index is 0.218. The highest BCUT2D eigenvalue weighted by molar-refractivity contribution is 5.91. The molecule has 0 heteroatoms. The topological polar surface area (TPSA) is 0 Å².